The summed E-state index contributed by atoms with van der Waals surface area (Å²) in [5.41, 5.74) is 2.19. The average Bonchev–Trinajstić information content (AvgIpc) is 2.19. The maximum absolute atomic E-state index is 4.31. The molecule has 62 valence electrons. The smallest absolute Gasteiger partial charge is 0.0743 e. The van der Waals surface area contributed by atoms with Gasteiger partial charge in [-0.3, -0.25) is 4.98 Å². The van der Waals surface area contributed by atoms with E-state index in [2.05, 4.69) is 22.4 Å². The number of aromatic nitrogens is 1. The van der Waals surface area contributed by atoms with Crippen molar-refractivity contribution in [3.63, 3.8) is 0 Å². The van der Waals surface area contributed by atoms with E-state index < -0.39 is 0 Å². The summed E-state index contributed by atoms with van der Waals surface area (Å²) in [5.74, 6) is 0. The fourth-order valence-electron chi connectivity index (χ4n) is 1.71. The molecule has 1 N–H and O–H groups in total. The lowest BCUT2D eigenvalue weighted by Crippen LogP contribution is -1.96. The van der Waals surface area contributed by atoms with Crippen molar-refractivity contribution in [1.82, 2.24) is 4.98 Å². The molecule has 1 aliphatic rings. The minimum absolute atomic E-state index is 1.05. The molecule has 13 heavy (non-hydrogen) atoms. The average molecular weight is 168 g/mol. The molecule has 0 saturated carbocycles. The van der Waals surface area contributed by atoms with Crippen LogP contribution in [-0.4, -0.2) is 4.98 Å². The van der Waals surface area contributed by atoms with Crippen LogP contribution in [0.3, 0.4) is 0 Å². The zero-order valence-electron chi connectivity index (χ0n) is 6.99. The lowest BCUT2D eigenvalue weighted by Gasteiger charge is -2.12. The molecule has 1 aromatic carbocycles. The summed E-state index contributed by atoms with van der Waals surface area (Å²) in [7, 11) is 0. The van der Waals surface area contributed by atoms with Crippen LogP contribution in [0.15, 0.2) is 36.7 Å². The first-order chi connectivity index (χ1) is 6.45. The summed E-state index contributed by atoms with van der Waals surface area (Å²) in [4.78, 5) is 4.31. The maximum atomic E-state index is 4.31. The summed E-state index contributed by atoms with van der Waals surface area (Å²) in [6.07, 6.45) is 5.76. The van der Waals surface area contributed by atoms with Crippen LogP contribution >= 0.6 is 0 Å². The van der Waals surface area contributed by atoms with Gasteiger partial charge in [-0.2, -0.15) is 0 Å². The van der Waals surface area contributed by atoms with Gasteiger partial charge in [0.15, 0.2) is 0 Å². The third-order valence-electron chi connectivity index (χ3n) is 2.30. The summed E-state index contributed by atoms with van der Waals surface area (Å²) in [6.45, 7) is 0. The van der Waals surface area contributed by atoms with Gasteiger partial charge < -0.3 is 5.32 Å². The van der Waals surface area contributed by atoms with Gasteiger partial charge in [0.1, 0.15) is 0 Å². The predicted molar refractivity (Wildman–Crippen MR) is 54.4 cm³/mol. The van der Waals surface area contributed by atoms with Gasteiger partial charge in [-0.25, -0.2) is 0 Å². The Bertz CT molecular complexity index is 495. The monoisotopic (exact) mass is 168 g/mol. The molecular weight excluding hydrogens is 160 g/mol. The number of rotatable bonds is 0. The van der Waals surface area contributed by atoms with Crippen molar-refractivity contribution in [2.75, 3.05) is 5.32 Å². The molecule has 0 bridgehead atoms. The van der Waals surface area contributed by atoms with E-state index in [-0.39, 0.29) is 0 Å². The van der Waals surface area contributed by atoms with Crippen molar-refractivity contribution in [2.24, 2.45) is 0 Å². The lowest BCUT2D eigenvalue weighted by atomic mass is 10.1. The highest BCUT2D eigenvalue weighted by Crippen LogP contribution is 2.28. The summed E-state index contributed by atoms with van der Waals surface area (Å²) < 4.78 is 0. The van der Waals surface area contributed by atoms with Crippen molar-refractivity contribution in [3.05, 3.63) is 42.4 Å². The van der Waals surface area contributed by atoms with Crippen LogP contribution in [0.4, 0.5) is 5.69 Å². The fourth-order valence-corrected chi connectivity index (χ4v) is 1.71. The third-order valence-corrected chi connectivity index (χ3v) is 2.30. The molecule has 1 aromatic heterocycles. The summed E-state index contributed by atoms with van der Waals surface area (Å²) >= 11 is 0. The minimum Gasteiger partial charge on any atom is -0.361 e. The first-order valence-electron chi connectivity index (χ1n) is 4.26. The van der Waals surface area contributed by atoms with E-state index in [1.165, 1.54) is 10.8 Å². The standard InChI is InChI=1S/C11H8N2/c1-2-8-4-6-12-10-5-7-13-9(3-1)11(8)10/h1-7,13H. The Labute approximate surface area is 75.9 Å². The zero-order chi connectivity index (χ0) is 8.67. The molecular formula is C11H8N2. The zero-order valence-corrected chi connectivity index (χ0v) is 6.99. The molecule has 0 aliphatic carbocycles. The topological polar surface area (TPSA) is 24.9 Å². The molecule has 2 heterocycles. The number of nitrogens with zero attached hydrogens (tertiary/aromatic N) is 1. The van der Waals surface area contributed by atoms with E-state index in [4.69, 9.17) is 0 Å². The van der Waals surface area contributed by atoms with Gasteiger partial charge in [0.05, 0.1) is 5.69 Å². The Morgan fingerprint density at radius 3 is 3.15 bits per heavy atom. The van der Waals surface area contributed by atoms with E-state index in [1.807, 2.05) is 30.6 Å². The number of nitrogens with one attached hydrogen (secondary N) is 1. The highest BCUT2D eigenvalue weighted by molar-refractivity contribution is 6.00. The van der Waals surface area contributed by atoms with Crippen LogP contribution in [0.1, 0.15) is 5.69 Å². The van der Waals surface area contributed by atoms with Gasteiger partial charge in [0, 0.05) is 23.5 Å². The summed E-state index contributed by atoms with van der Waals surface area (Å²) in [6, 6.07) is 8.25. The van der Waals surface area contributed by atoms with Crippen molar-refractivity contribution in [3.8, 4) is 0 Å². The van der Waals surface area contributed by atoms with Gasteiger partial charge >= 0.3 is 0 Å². The molecule has 2 nitrogen and oxygen atoms in total. The SMILES string of the molecule is C1=Cc2nccc3cccc(c23)N1. The fraction of sp³-hybridized carbons (Fsp3) is 0. The van der Waals surface area contributed by atoms with Gasteiger partial charge in [-0.05, 0) is 23.6 Å². The van der Waals surface area contributed by atoms with E-state index >= 15 is 0 Å². The molecule has 2 heteroatoms. The van der Waals surface area contributed by atoms with Gasteiger partial charge in [0.2, 0.25) is 0 Å². The van der Waals surface area contributed by atoms with Crippen LogP contribution < -0.4 is 5.32 Å². The Hall–Kier alpha value is -1.83. The number of hydrogen-bond acceptors (Lipinski definition) is 2. The van der Waals surface area contributed by atoms with Crippen LogP contribution in [0.5, 0.6) is 0 Å². The van der Waals surface area contributed by atoms with E-state index in [9.17, 15) is 0 Å². The highest BCUT2D eigenvalue weighted by atomic mass is 14.9. The number of benzene rings is 1. The lowest BCUT2D eigenvalue weighted by molar-refractivity contribution is 1.32. The van der Waals surface area contributed by atoms with E-state index in [0.29, 0.717) is 0 Å². The number of pyridine rings is 1. The second-order valence-electron chi connectivity index (χ2n) is 3.08. The Morgan fingerprint density at radius 2 is 2.15 bits per heavy atom. The molecule has 0 amide bonds. The van der Waals surface area contributed by atoms with E-state index in [1.54, 1.807) is 0 Å². The molecule has 1 aliphatic heterocycles. The molecule has 0 radical (unpaired) electrons. The molecule has 0 spiro atoms. The number of hydrogen-bond donors (Lipinski definition) is 1. The maximum Gasteiger partial charge on any atom is 0.0743 e. The molecule has 0 fully saturated rings. The summed E-state index contributed by atoms with van der Waals surface area (Å²) in [5, 5.41) is 5.66. The highest BCUT2D eigenvalue weighted by Gasteiger charge is 2.07. The Morgan fingerprint density at radius 1 is 1.15 bits per heavy atom. The van der Waals surface area contributed by atoms with Crippen molar-refractivity contribution in [1.29, 1.82) is 0 Å². The second-order valence-corrected chi connectivity index (χ2v) is 3.08. The quantitative estimate of drug-likeness (QED) is 0.654. The van der Waals surface area contributed by atoms with Gasteiger partial charge in [0.25, 0.3) is 0 Å². The van der Waals surface area contributed by atoms with Gasteiger partial charge in [-0.15, -0.1) is 0 Å². The Balaban J connectivity index is 2.56. The van der Waals surface area contributed by atoms with Gasteiger partial charge in [-0.1, -0.05) is 12.1 Å². The largest absolute Gasteiger partial charge is 0.361 e. The van der Waals surface area contributed by atoms with Crippen molar-refractivity contribution < 1.29 is 0 Å². The number of anilines is 1. The third kappa shape index (κ3) is 0.855. The van der Waals surface area contributed by atoms with Crippen LogP contribution in [-0.2, 0) is 0 Å². The van der Waals surface area contributed by atoms with E-state index in [0.717, 1.165) is 11.4 Å². The van der Waals surface area contributed by atoms with Crippen LogP contribution in [0.2, 0.25) is 0 Å². The molecule has 2 aromatic rings. The first kappa shape index (κ1) is 6.66. The normalized spacial score (nSPS) is 12.9. The van der Waals surface area contributed by atoms with Crippen molar-refractivity contribution in [2.45, 2.75) is 0 Å². The molecule has 0 saturated heterocycles. The van der Waals surface area contributed by atoms with Crippen LogP contribution in [0, 0.1) is 0 Å². The molecule has 3 rings (SSSR count). The second kappa shape index (κ2) is 2.33. The molecule has 0 atom stereocenters. The molecule has 0 unspecified atom stereocenters. The first-order valence-corrected chi connectivity index (χ1v) is 4.26. The minimum atomic E-state index is 1.05. The van der Waals surface area contributed by atoms with Crippen molar-refractivity contribution >= 4 is 22.5 Å². The predicted octanol–water partition coefficient (Wildman–Crippen LogP) is 2.63. The van der Waals surface area contributed by atoms with Crippen LogP contribution in [0.25, 0.3) is 16.8 Å². The Kier molecular flexibility index (Phi) is 1.19.